The van der Waals surface area contributed by atoms with Crippen LogP contribution in [0.4, 0.5) is 0 Å². The highest BCUT2D eigenvalue weighted by atomic mass is 79.9. The molecule has 2 rings (SSSR count). The van der Waals surface area contributed by atoms with E-state index < -0.39 is 0 Å². The molecule has 5 heteroatoms. The molecule has 2 aromatic rings. The van der Waals surface area contributed by atoms with Gasteiger partial charge in [0, 0.05) is 11.5 Å². The molecule has 0 aliphatic rings. The van der Waals surface area contributed by atoms with Gasteiger partial charge in [-0.25, -0.2) is 4.68 Å². The Kier molecular flexibility index (Phi) is 1.88. The lowest BCUT2D eigenvalue weighted by Gasteiger charge is -1.98. The van der Waals surface area contributed by atoms with Gasteiger partial charge in [-0.15, -0.1) is 5.10 Å². The van der Waals surface area contributed by atoms with Gasteiger partial charge >= 0.3 is 0 Å². The second-order valence-corrected chi connectivity index (χ2v) is 3.60. The summed E-state index contributed by atoms with van der Waals surface area (Å²) in [5.41, 5.74) is 0.484. The Morgan fingerprint density at radius 3 is 3.00 bits per heavy atom. The SMILES string of the molecule is Cn1nnc2ccc(Br)cc2c1=O. The number of rotatable bonds is 0. The molecule has 0 aliphatic carbocycles. The van der Waals surface area contributed by atoms with Gasteiger partial charge in [0.1, 0.15) is 5.52 Å². The average Bonchev–Trinajstić information content (AvgIpc) is 2.12. The quantitative estimate of drug-likeness (QED) is 0.692. The first-order valence-electron chi connectivity index (χ1n) is 3.68. The molecule has 0 bridgehead atoms. The third-order valence-corrected chi connectivity index (χ3v) is 2.26. The Morgan fingerprint density at radius 1 is 1.46 bits per heavy atom. The third kappa shape index (κ3) is 1.35. The minimum atomic E-state index is -0.133. The van der Waals surface area contributed by atoms with Crippen molar-refractivity contribution in [2.24, 2.45) is 7.05 Å². The standard InChI is InChI=1S/C8H6BrN3O/c1-12-8(13)6-4-5(9)2-3-7(6)10-11-12/h2-4H,1H3. The Bertz CT molecular complexity index is 515. The largest absolute Gasteiger partial charge is 0.277 e. The molecule has 0 radical (unpaired) electrons. The van der Waals surface area contributed by atoms with Gasteiger partial charge in [0.15, 0.2) is 0 Å². The highest BCUT2D eigenvalue weighted by molar-refractivity contribution is 9.10. The molecule has 0 saturated carbocycles. The van der Waals surface area contributed by atoms with Crippen molar-refractivity contribution in [1.82, 2.24) is 15.0 Å². The van der Waals surface area contributed by atoms with Crippen molar-refractivity contribution in [3.05, 3.63) is 33.0 Å². The lowest BCUT2D eigenvalue weighted by atomic mass is 10.2. The van der Waals surface area contributed by atoms with Crippen molar-refractivity contribution in [3.8, 4) is 0 Å². The summed E-state index contributed by atoms with van der Waals surface area (Å²) in [5, 5.41) is 8.13. The minimum absolute atomic E-state index is 0.133. The van der Waals surface area contributed by atoms with Crippen molar-refractivity contribution >= 4 is 26.8 Å². The topological polar surface area (TPSA) is 47.8 Å². The van der Waals surface area contributed by atoms with Gasteiger partial charge in [-0.05, 0) is 18.2 Å². The molecular formula is C8H6BrN3O. The molecule has 0 amide bonds. The molecule has 0 aliphatic heterocycles. The van der Waals surface area contributed by atoms with Crippen LogP contribution in [0.15, 0.2) is 27.5 Å². The van der Waals surface area contributed by atoms with Crippen LogP contribution in [-0.4, -0.2) is 15.0 Å². The number of aryl methyl sites for hydroxylation is 1. The summed E-state index contributed by atoms with van der Waals surface area (Å²) < 4.78 is 2.08. The van der Waals surface area contributed by atoms with Crippen LogP contribution in [0.1, 0.15) is 0 Å². The first-order valence-corrected chi connectivity index (χ1v) is 4.47. The molecule has 13 heavy (non-hydrogen) atoms. The predicted octanol–water partition coefficient (Wildman–Crippen LogP) is 1.09. The molecule has 0 saturated heterocycles. The van der Waals surface area contributed by atoms with Crippen molar-refractivity contribution < 1.29 is 0 Å². The zero-order chi connectivity index (χ0) is 9.42. The van der Waals surface area contributed by atoms with E-state index in [2.05, 4.69) is 26.2 Å². The minimum Gasteiger partial charge on any atom is -0.267 e. The number of hydrogen-bond acceptors (Lipinski definition) is 3. The smallest absolute Gasteiger partial charge is 0.267 e. The van der Waals surface area contributed by atoms with Crippen LogP contribution in [0.5, 0.6) is 0 Å². The van der Waals surface area contributed by atoms with E-state index in [1.807, 2.05) is 6.07 Å². The second-order valence-electron chi connectivity index (χ2n) is 2.68. The molecule has 0 fully saturated rings. The summed E-state index contributed by atoms with van der Waals surface area (Å²) in [5.74, 6) is 0. The fourth-order valence-electron chi connectivity index (χ4n) is 1.10. The van der Waals surface area contributed by atoms with E-state index in [0.29, 0.717) is 10.9 Å². The maximum atomic E-state index is 11.5. The van der Waals surface area contributed by atoms with E-state index in [0.717, 1.165) is 4.47 Å². The van der Waals surface area contributed by atoms with Crippen LogP contribution in [0.2, 0.25) is 0 Å². The van der Waals surface area contributed by atoms with E-state index in [9.17, 15) is 4.79 Å². The Balaban J connectivity index is 2.97. The zero-order valence-electron chi connectivity index (χ0n) is 6.86. The molecule has 4 nitrogen and oxygen atoms in total. The van der Waals surface area contributed by atoms with Crippen LogP contribution in [-0.2, 0) is 7.05 Å². The summed E-state index contributed by atoms with van der Waals surface area (Å²) >= 11 is 3.29. The third-order valence-electron chi connectivity index (χ3n) is 1.77. The fraction of sp³-hybridized carbons (Fsp3) is 0.125. The van der Waals surface area contributed by atoms with E-state index in [1.165, 1.54) is 4.68 Å². The summed E-state index contributed by atoms with van der Waals surface area (Å²) in [6, 6.07) is 5.33. The summed E-state index contributed by atoms with van der Waals surface area (Å²) in [6.45, 7) is 0. The summed E-state index contributed by atoms with van der Waals surface area (Å²) in [7, 11) is 1.58. The average molecular weight is 240 g/mol. The van der Waals surface area contributed by atoms with Crippen LogP contribution < -0.4 is 5.56 Å². The maximum Gasteiger partial charge on any atom is 0.277 e. The molecule has 0 atom stereocenters. The van der Waals surface area contributed by atoms with Gasteiger partial charge in [0.05, 0.1) is 5.39 Å². The molecule has 0 unspecified atom stereocenters. The predicted molar refractivity (Wildman–Crippen MR) is 52.5 cm³/mol. The van der Waals surface area contributed by atoms with Crippen molar-refractivity contribution in [2.75, 3.05) is 0 Å². The lowest BCUT2D eigenvalue weighted by molar-refractivity contribution is 0.656. The van der Waals surface area contributed by atoms with Crippen LogP contribution in [0.3, 0.4) is 0 Å². The molecule has 1 aromatic heterocycles. The van der Waals surface area contributed by atoms with Crippen molar-refractivity contribution in [3.63, 3.8) is 0 Å². The van der Waals surface area contributed by atoms with Gasteiger partial charge in [-0.2, -0.15) is 0 Å². The van der Waals surface area contributed by atoms with Crippen LogP contribution >= 0.6 is 15.9 Å². The molecular weight excluding hydrogens is 234 g/mol. The zero-order valence-corrected chi connectivity index (χ0v) is 8.45. The van der Waals surface area contributed by atoms with Crippen LogP contribution in [0.25, 0.3) is 10.9 Å². The van der Waals surface area contributed by atoms with E-state index in [4.69, 9.17) is 0 Å². The van der Waals surface area contributed by atoms with E-state index in [1.54, 1.807) is 19.2 Å². The molecule has 1 heterocycles. The second kappa shape index (κ2) is 2.92. The first-order chi connectivity index (χ1) is 6.18. The van der Waals surface area contributed by atoms with Gasteiger partial charge in [-0.1, -0.05) is 21.1 Å². The number of nitrogens with zero attached hydrogens (tertiary/aromatic N) is 3. The van der Waals surface area contributed by atoms with Gasteiger partial charge in [0.25, 0.3) is 5.56 Å². The number of aromatic nitrogens is 3. The van der Waals surface area contributed by atoms with Crippen LogP contribution in [0, 0.1) is 0 Å². The van der Waals surface area contributed by atoms with Crippen molar-refractivity contribution in [2.45, 2.75) is 0 Å². The number of benzene rings is 1. The van der Waals surface area contributed by atoms with E-state index in [-0.39, 0.29) is 5.56 Å². The monoisotopic (exact) mass is 239 g/mol. The molecule has 0 N–H and O–H groups in total. The normalized spacial score (nSPS) is 10.6. The first kappa shape index (κ1) is 8.37. The fourth-order valence-corrected chi connectivity index (χ4v) is 1.46. The number of halogens is 1. The lowest BCUT2D eigenvalue weighted by Crippen LogP contribution is -2.20. The Morgan fingerprint density at radius 2 is 2.23 bits per heavy atom. The Labute approximate surface area is 82.3 Å². The van der Waals surface area contributed by atoms with Gasteiger partial charge < -0.3 is 0 Å². The Hall–Kier alpha value is -1.23. The van der Waals surface area contributed by atoms with Crippen molar-refractivity contribution in [1.29, 1.82) is 0 Å². The van der Waals surface area contributed by atoms with Gasteiger partial charge in [0.2, 0.25) is 0 Å². The summed E-state index contributed by atoms with van der Waals surface area (Å²) in [4.78, 5) is 11.5. The molecule has 66 valence electrons. The number of hydrogen-bond donors (Lipinski definition) is 0. The summed E-state index contributed by atoms with van der Waals surface area (Å²) in [6.07, 6.45) is 0. The number of fused-ring (bicyclic) bond motifs is 1. The molecule has 0 spiro atoms. The van der Waals surface area contributed by atoms with Gasteiger partial charge in [-0.3, -0.25) is 4.79 Å². The highest BCUT2D eigenvalue weighted by Crippen LogP contribution is 2.13. The van der Waals surface area contributed by atoms with E-state index >= 15 is 0 Å². The molecule has 1 aromatic carbocycles. The highest BCUT2D eigenvalue weighted by Gasteiger charge is 2.02. The maximum absolute atomic E-state index is 11.5.